The van der Waals surface area contributed by atoms with Crippen LogP contribution in [0.3, 0.4) is 0 Å². The molecule has 2 N–H and O–H groups in total. The van der Waals surface area contributed by atoms with Crippen molar-refractivity contribution in [3.63, 3.8) is 0 Å². The summed E-state index contributed by atoms with van der Waals surface area (Å²) in [6.45, 7) is 1.79. The number of carbonyl (C=O) groups is 1. The third kappa shape index (κ3) is 4.53. The molecule has 32 heavy (non-hydrogen) atoms. The predicted molar refractivity (Wildman–Crippen MR) is 121 cm³/mol. The summed E-state index contributed by atoms with van der Waals surface area (Å²) in [6, 6.07) is 6.02. The summed E-state index contributed by atoms with van der Waals surface area (Å²) in [5.41, 5.74) is 2.35. The van der Waals surface area contributed by atoms with E-state index in [2.05, 4.69) is 9.82 Å². The maximum atomic E-state index is 14.5. The number of halogens is 2. The standard InChI is InChI=1S/C21H22ClFN4O4S/c1-13-20(15-8-17(11-24-10-15)32(30,31)26(2)3)18-9-14(21(28)29)4-5-19(18)27(13)12-16(23)6-7-25-22/h4-6,8-11,25H,7,12H2,1-3H3,(H,28,29)/b16-6-. The topological polar surface area (TPSA) is 105 Å². The van der Waals surface area contributed by atoms with Crippen LogP contribution in [0.25, 0.3) is 22.0 Å². The van der Waals surface area contributed by atoms with Gasteiger partial charge in [0.15, 0.2) is 0 Å². The summed E-state index contributed by atoms with van der Waals surface area (Å²) >= 11 is 5.40. The van der Waals surface area contributed by atoms with Crippen LogP contribution >= 0.6 is 11.8 Å². The molecule has 0 radical (unpaired) electrons. The van der Waals surface area contributed by atoms with Crippen molar-refractivity contribution in [1.82, 2.24) is 18.7 Å². The van der Waals surface area contributed by atoms with Gasteiger partial charge in [0.05, 0.1) is 12.1 Å². The molecule has 8 nitrogen and oxygen atoms in total. The SMILES string of the molecule is Cc1c(-c2cncc(S(=O)(=O)N(C)C)c2)c2cc(C(=O)O)ccc2n1C/C(F)=C/CNCl. The van der Waals surface area contributed by atoms with Crippen molar-refractivity contribution in [2.75, 3.05) is 20.6 Å². The fourth-order valence-corrected chi connectivity index (χ4v) is 4.42. The van der Waals surface area contributed by atoms with Gasteiger partial charge in [0, 0.05) is 60.8 Å². The summed E-state index contributed by atoms with van der Waals surface area (Å²) in [5, 5.41) is 9.99. The molecule has 3 aromatic rings. The number of benzene rings is 1. The Bertz CT molecular complexity index is 1320. The Labute approximate surface area is 190 Å². The molecule has 1 aromatic carbocycles. The summed E-state index contributed by atoms with van der Waals surface area (Å²) in [4.78, 5) is 18.0. The first kappa shape index (κ1) is 23.9. The molecule has 0 aliphatic rings. The molecule has 0 saturated carbocycles. The minimum absolute atomic E-state index is 0.00560. The third-order valence-electron chi connectivity index (χ3n) is 5.06. The number of fused-ring (bicyclic) bond motifs is 1. The van der Waals surface area contributed by atoms with Gasteiger partial charge in [-0.1, -0.05) is 0 Å². The molecule has 0 saturated heterocycles. The molecule has 3 rings (SSSR count). The van der Waals surface area contributed by atoms with Crippen LogP contribution in [0, 0.1) is 6.92 Å². The molecule has 0 unspecified atom stereocenters. The highest BCUT2D eigenvalue weighted by molar-refractivity contribution is 7.89. The lowest BCUT2D eigenvalue weighted by atomic mass is 10.0. The van der Waals surface area contributed by atoms with Crippen LogP contribution in [-0.2, 0) is 16.6 Å². The van der Waals surface area contributed by atoms with E-state index in [9.17, 15) is 22.7 Å². The number of aromatic nitrogens is 2. The average molecular weight is 481 g/mol. The number of rotatable bonds is 8. The quantitative estimate of drug-likeness (QED) is 0.478. The van der Waals surface area contributed by atoms with Gasteiger partial charge in [0.2, 0.25) is 10.0 Å². The molecule has 0 aliphatic heterocycles. The number of pyridine rings is 1. The van der Waals surface area contributed by atoms with Crippen molar-refractivity contribution in [3.05, 3.63) is 59.8 Å². The van der Waals surface area contributed by atoms with Crippen molar-refractivity contribution in [3.8, 4) is 11.1 Å². The molecule has 11 heteroatoms. The molecule has 0 atom stereocenters. The molecular formula is C21H22ClFN4O4S. The van der Waals surface area contributed by atoms with Gasteiger partial charge in [-0.05, 0) is 49.0 Å². The van der Waals surface area contributed by atoms with E-state index in [1.165, 1.54) is 50.8 Å². The first-order valence-corrected chi connectivity index (χ1v) is 11.3. The molecule has 0 spiro atoms. The van der Waals surface area contributed by atoms with Gasteiger partial charge in [-0.2, -0.15) is 0 Å². The van der Waals surface area contributed by atoms with E-state index in [4.69, 9.17) is 11.8 Å². The van der Waals surface area contributed by atoms with Gasteiger partial charge in [0.25, 0.3) is 0 Å². The van der Waals surface area contributed by atoms with Crippen molar-refractivity contribution >= 4 is 38.7 Å². The number of nitrogens with one attached hydrogen (secondary N) is 1. The van der Waals surface area contributed by atoms with E-state index < -0.39 is 21.8 Å². The van der Waals surface area contributed by atoms with Crippen molar-refractivity contribution in [2.45, 2.75) is 18.4 Å². The number of allylic oxidation sites excluding steroid dienone is 1. The smallest absolute Gasteiger partial charge is 0.335 e. The van der Waals surface area contributed by atoms with Crippen LogP contribution in [0.15, 0.2) is 53.5 Å². The lowest BCUT2D eigenvalue weighted by Crippen LogP contribution is -2.22. The van der Waals surface area contributed by atoms with Gasteiger partial charge in [-0.15, -0.1) is 0 Å². The van der Waals surface area contributed by atoms with Crippen molar-refractivity contribution < 1.29 is 22.7 Å². The molecule has 0 bridgehead atoms. The molecule has 2 heterocycles. The second kappa shape index (κ2) is 9.37. The second-order valence-corrected chi connectivity index (χ2v) is 9.69. The number of carboxylic acid groups (broad SMARTS) is 1. The highest BCUT2D eigenvalue weighted by Gasteiger charge is 2.22. The maximum Gasteiger partial charge on any atom is 0.335 e. The van der Waals surface area contributed by atoms with Crippen LogP contribution in [0.2, 0.25) is 0 Å². The molecule has 2 aromatic heterocycles. The summed E-state index contributed by atoms with van der Waals surface area (Å²) in [7, 11) is -0.897. The molecule has 0 aliphatic carbocycles. The zero-order valence-corrected chi connectivity index (χ0v) is 19.2. The zero-order chi connectivity index (χ0) is 23.6. The largest absolute Gasteiger partial charge is 0.478 e. The third-order valence-corrected chi connectivity index (χ3v) is 7.00. The number of hydrogen-bond acceptors (Lipinski definition) is 5. The molecular weight excluding hydrogens is 459 g/mol. The van der Waals surface area contributed by atoms with Crippen LogP contribution in [-0.4, -0.2) is 54.0 Å². The van der Waals surface area contributed by atoms with Gasteiger partial charge in [-0.3, -0.25) is 4.98 Å². The lowest BCUT2D eigenvalue weighted by molar-refractivity contribution is 0.0697. The molecule has 170 valence electrons. The van der Waals surface area contributed by atoms with E-state index in [1.807, 2.05) is 0 Å². The number of sulfonamides is 1. The van der Waals surface area contributed by atoms with Crippen LogP contribution in [0.4, 0.5) is 4.39 Å². The highest BCUT2D eigenvalue weighted by atomic mass is 35.5. The summed E-state index contributed by atoms with van der Waals surface area (Å²) < 4.78 is 42.4. The minimum Gasteiger partial charge on any atom is -0.478 e. The number of aromatic carboxylic acids is 1. The zero-order valence-electron chi connectivity index (χ0n) is 17.6. The molecule has 0 amide bonds. The normalized spacial score (nSPS) is 12.6. The van der Waals surface area contributed by atoms with Gasteiger partial charge in [-0.25, -0.2) is 26.7 Å². The Kier molecular flexibility index (Phi) is 6.99. The average Bonchev–Trinajstić information content (AvgIpc) is 3.02. The van der Waals surface area contributed by atoms with E-state index in [-0.39, 0.29) is 23.5 Å². The predicted octanol–water partition coefficient (Wildman–Crippen LogP) is 3.56. The Hall–Kier alpha value is -2.79. The Morgan fingerprint density at radius 3 is 2.66 bits per heavy atom. The van der Waals surface area contributed by atoms with Crippen LogP contribution in [0.1, 0.15) is 16.1 Å². The van der Waals surface area contributed by atoms with E-state index in [0.717, 1.165) is 4.31 Å². The Morgan fingerprint density at radius 1 is 1.31 bits per heavy atom. The minimum atomic E-state index is -3.74. The van der Waals surface area contributed by atoms with Crippen LogP contribution < -0.4 is 4.84 Å². The monoisotopic (exact) mass is 480 g/mol. The fourth-order valence-electron chi connectivity index (χ4n) is 3.46. The summed E-state index contributed by atoms with van der Waals surface area (Å²) in [5.74, 6) is -1.54. The van der Waals surface area contributed by atoms with E-state index >= 15 is 0 Å². The Balaban J connectivity index is 2.28. The van der Waals surface area contributed by atoms with Gasteiger partial charge < -0.3 is 9.67 Å². The Morgan fingerprint density at radius 2 is 2.03 bits per heavy atom. The number of hydrogen-bond donors (Lipinski definition) is 2. The van der Waals surface area contributed by atoms with Gasteiger partial charge in [0.1, 0.15) is 10.7 Å². The first-order valence-electron chi connectivity index (χ1n) is 9.50. The molecule has 0 fully saturated rings. The highest BCUT2D eigenvalue weighted by Crippen LogP contribution is 2.36. The fraction of sp³-hybridized carbons (Fsp3) is 0.238. The van der Waals surface area contributed by atoms with E-state index in [0.29, 0.717) is 27.7 Å². The lowest BCUT2D eigenvalue weighted by Gasteiger charge is -2.12. The number of nitrogens with zero attached hydrogens (tertiary/aromatic N) is 3. The van der Waals surface area contributed by atoms with Crippen molar-refractivity contribution in [2.24, 2.45) is 0 Å². The van der Waals surface area contributed by atoms with Gasteiger partial charge >= 0.3 is 5.97 Å². The second-order valence-electron chi connectivity index (χ2n) is 7.27. The maximum absolute atomic E-state index is 14.5. The van der Waals surface area contributed by atoms with Crippen molar-refractivity contribution in [1.29, 1.82) is 0 Å². The number of carboxylic acids is 1. The first-order chi connectivity index (χ1) is 15.1. The van der Waals surface area contributed by atoms with Crippen LogP contribution in [0.5, 0.6) is 0 Å². The summed E-state index contributed by atoms with van der Waals surface area (Å²) in [6.07, 6.45) is 4.05. The van der Waals surface area contributed by atoms with E-state index in [1.54, 1.807) is 17.6 Å².